The molecule has 0 unspecified atom stereocenters. The van der Waals surface area contributed by atoms with Gasteiger partial charge in [-0.1, -0.05) is 53.7 Å². The van der Waals surface area contributed by atoms with Crippen LogP contribution in [-0.2, 0) is 44.8 Å². The van der Waals surface area contributed by atoms with Gasteiger partial charge in [0, 0.05) is 38.7 Å². The minimum absolute atomic E-state index is 0.0386. The Hall–Kier alpha value is -4.77. The van der Waals surface area contributed by atoms with E-state index in [9.17, 15) is 38.7 Å². The van der Waals surface area contributed by atoms with Gasteiger partial charge in [0.15, 0.2) is 0 Å². The number of rotatable bonds is 27. The van der Waals surface area contributed by atoms with Gasteiger partial charge in [-0.15, -0.1) is 0 Å². The number of aliphatic carboxylic acids is 1. The van der Waals surface area contributed by atoms with Crippen molar-refractivity contribution in [3.8, 4) is 0 Å². The third kappa shape index (κ3) is 21.9. The van der Waals surface area contributed by atoms with Gasteiger partial charge < -0.3 is 52.2 Å². The zero-order chi connectivity index (χ0) is 43.3. The average Bonchev–Trinajstić information content (AvgIpc) is 3.11. The molecule has 17 heteroatoms. The number of benzene rings is 1. The van der Waals surface area contributed by atoms with Crippen molar-refractivity contribution in [2.45, 2.75) is 131 Å². The fourth-order valence-corrected chi connectivity index (χ4v) is 5.34. The van der Waals surface area contributed by atoms with Crippen LogP contribution in [0.1, 0.15) is 106 Å². The zero-order valence-corrected chi connectivity index (χ0v) is 35.2. The quantitative estimate of drug-likeness (QED) is 0.0474. The molecule has 0 heterocycles. The Bertz CT molecular complexity index is 1480. The number of hydrogen-bond acceptors (Lipinski definition) is 10. The molecule has 0 saturated heterocycles. The summed E-state index contributed by atoms with van der Waals surface area (Å²) in [5.74, 6) is -3.95. The van der Waals surface area contributed by atoms with Gasteiger partial charge in [0.25, 0.3) is 0 Å². The first kappa shape index (κ1) is 50.2. The van der Waals surface area contributed by atoms with Gasteiger partial charge in [-0.25, -0.2) is 4.79 Å². The topological polar surface area (TPSA) is 256 Å². The van der Waals surface area contributed by atoms with E-state index >= 15 is 0 Å². The lowest BCUT2D eigenvalue weighted by Crippen LogP contribution is -2.57. The summed E-state index contributed by atoms with van der Waals surface area (Å²) in [5, 5.41) is 26.1. The molecule has 0 aliphatic rings. The SMILES string of the molecule is CC(=O)NCC(C)(C)CCOC(C)(C)CCN[C@@H](CCC(=O)O)C(=O)N[C@H](C(=O)N[C@@H](CCCNC(N)=O)C(=O)Nc1ccc(COC(=O)C(C)C)cc1)C(C)C. The number of urea groups is 1. The van der Waals surface area contributed by atoms with E-state index in [1.165, 1.54) is 6.92 Å². The van der Waals surface area contributed by atoms with Gasteiger partial charge in [0.1, 0.15) is 18.7 Å². The number of amides is 6. The van der Waals surface area contributed by atoms with Crippen LogP contribution in [-0.4, -0.2) is 96.7 Å². The largest absolute Gasteiger partial charge is 0.481 e. The van der Waals surface area contributed by atoms with Crippen LogP contribution in [0.4, 0.5) is 10.5 Å². The van der Waals surface area contributed by atoms with Crippen LogP contribution in [0.3, 0.4) is 0 Å². The van der Waals surface area contributed by atoms with Crippen molar-refractivity contribution >= 4 is 47.3 Å². The summed E-state index contributed by atoms with van der Waals surface area (Å²) in [5.41, 5.74) is 5.55. The van der Waals surface area contributed by atoms with Crippen molar-refractivity contribution in [3.05, 3.63) is 29.8 Å². The number of ether oxygens (including phenoxy) is 2. The smallest absolute Gasteiger partial charge is 0.312 e. The Morgan fingerprint density at radius 3 is 2.02 bits per heavy atom. The molecule has 0 spiro atoms. The summed E-state index contributed by atoms with van der Waals surface area (Å²) in [6, 6.07) is 2.82. The number of anilines is 1. The molecule has 17 nitrogen and oxygen atoms in total. The highest BCUT2D eigenvalue weighted by Crippen LogP contribution is 2.22. The second-order valence-corrected chi connectivity index (χ2v) is 16.3. The predicted octanol–water partition coefficient (Wildman–Crippen LogP) is 2.96. The number of esters is 1. The standard InChI is InChI=1S/C40H67N7O10/c1-25(2)33(47-34(51)30(16-17-32(49)50)42-21-18-40(8,9)57-22-19-39(6,7)24-44-27(5)48)36(53)46-31(11-10-20-43-38(41)55)35(52)45-29-14-12-28(13-15-29)23-56-37(54)26(3)4/h12-15,25-26,30-31,33,42H,10-11,16-24H2,1-9H3,(H,44,48)(H,45,52)(H,46,53)(H,47,51)(H,49,50)(H3,41,43,55)/t30-,31-,33-/m0/s1. The highest BCUT2D eigenvalue weighted by molar-refractivity contribution is 5.98. The Morgan fingerprint density at radius 1 is 0.807 bits per heavy atom. The molecule has 0 aliphatic carbocycles. The minimum Gasteiger partial charge on any atom is -0.481 e. The second kappa shape index (κ2) is 24.8. The first-order valence-corrected chi connectivity index (χ1v) is 19.6. The molecule has 1 aromatic carbocycles. The van der Waals surface area contributed by atoms with E-state index in [4.69, 9.17) is 15.2 Å². The summed E-state index contributed by atoms with van der Waals surface area (Å²) < 4.78 is 11.4. The molecule has 57 heavy (non-hydrogen) atoms. The molecule has 0 aromatic heterocycles. The van der Waals surface area contributed by atoms with Gasteiger partial charge in [0.05, 0.1) is 17.6 Å². The summed E-state index contributed by atoms with van der Waals surface area (Å²) in [6.45, 7) is 17.8. The van der Waals surface area contributed by atoms with Gasteiger partial charge in [-0.2, -0.15) is 0 Å². The van der Waals surface area contributed by atoms with Crippen molar-refractivity contribution in [2.75, 3.05) is 31.6 Å². The van der Waals surface area contributed by atoms with Crippen molar-refractivity contribution in [2.24, 2.45) is 23.0 Å². The van der Waals surface area contributed by atoms with Crippen LogP contribution in [0, 0.1) is 17.3 Å². The molecular weight excluding hydrogens is 738 g/mol. The number of carboxylic acids is 1. The fourth-order valence-electron chi connectivity index (χ4n) is 5.34. The third-order valence-electron chi connectivity index (χ3n) is 9.09. The van der Waals surface area contributed by atoms with Crippen LogP contribution in [0.25, 0.3) is 0 Å². The van der Waals surface area contributed by atoms with E-state index in [0.717, 1.165) is 0 Å². The molecule has 0 bridgehead atoms. The van der Waals surface area contributed by atoms with E-state index in [2.05, 4.69) is 31.9 Å². The number of carbonyl (C=O) groups is 7. The van der Waals surface area contributed by atoms with Crippen LogP contribution in [0.2, 0.25) is 0 Å². The molecule has 6 amide bonds. The molecule has 0 saturated carbocycles. The molecule has 0 aliphatic heterocycles. The summed E-state index contributed by atoms with van der Waals surface area (Å²) in [6.07, 6.45) is 1.26. The maximum atomic E-state index is 13.7. The lowest BCUT2D eigenvalue weighted by molar-refractivity contribution is -0.148. The lowest BCUT2D eigenvalue weighted by Gasteiger charge is -2.30. The molecule has 3 atom stereocenters. The van der Waals surface area contributed by atoms with E-state index in [1.54, 1.807) is 52.0 Å². The Morgan fingerprint density at radius 2 is 1.46 bits per heavy atom. The monoisotopic (exact) mass is 805 g/mol. The maximum absolute atomic E-state index is 13.7. The third-order valence-corrected chi connectivity index (χ3v) is 9.09. The summed E-state index contributed by atoms with van der Waals surface area (Å²) >= 11 is 0. The van der Waals surface area contributed by atoms with Crippen molar-refractivity contribution in [3.63, 3.8) is 0 Å². The normalized spacial score (nSPS) is 13.2. The predicted molar refractivity (Wildman–Crippen MR) is 216 cm³/mol. The summed E-state index contributed by atoms with van der Waals surface area (Å²) in [4.78, 5) is 86.7. The number of nitrogens with two attached hydrogens (primary N) is 1. The maximum Gasteiger partial charge on any atom is 0.312 e. The zero-order valence-electron chi connectivity index (χ0n) is 35.2. The molecule has 0 fully saturated rings. The highest BCUT2D eigenvalue weighted by atomic mass is 16.5. The van der Waals surface area contributed by atoms with Gasteiger partial charge in [0.2, 0.25) is 23.6 Å². The molecule has 0 radical (unpaired) electrons. The van der Waals surface area contributed by atoms with Crippen molar-refractivity contribution < 1.29 is 48.1 Å². The number of carbonyl (C=O) groups excluding carboxylic acids is 6. The van der Waals surface area contributed by atoms with Crippen molar-refractivity contribution in [1.82, 2.24) is 26.6 Å². The lowest BCUT2D eigenvalue weighted by atomic mass is 9.89. The number of carboxylic acid groups (broad SMARTS) is 1. The number of primary amides is 1. The Labute approximate surface area is 337 Å². The van der Waals surface area contributed by atoms with E-state index < -0.39 is 59.4 Å². The molecule has 1 rings (SSSR count). The molecular formula is C40H67N7O10. The average molecular weight is 806 g/mol. The van der Waals surface area contributed by atoms with Gasteiger partial charge in [-0.05, 0) is 81.5 Å². The summed E-state index contributed by atoms with van der Waals surface area (Å²) in [7, 11) is 0. The van der Waals surface area contributed by atoms with Crippen LogP contribution in [0.5, 0.6) is 0 Å². The van der Waals surface area contributed by atoms with Crippen LogP contribution < -0.4 is 37.6 Å². The van der Waals surface area contributed by atoms with Gasteiger partial charge >= 0.3 is 18.0 Å². The minimum atomic E-state index is -1.08. The number of nitrogens with one attached hydrogen (secondary N) is 6. The highest BCUT2D eigenvalue weighted by Gasteiger charge is 2.32. The van der Waals surface area contributed by atoms with E-state index in [-0.39, 0.29) is 62.0 Å². The first-order valence-electron chi connectivity index (χ1n) is 19.6. The first-order chi connectivity index (χ1) is 26.5. The van der Waals surface area contributed by atoms with E-state index in [1.807, 2.05) is 27.7 Å². The molecule has 322 valence electrons. The molecule has 9 N–H and O–H groups in total. The molecule has 1 aromatic rings. The Kier molecular flexibility index (Phi) is 21.8. The Balaban J connectivity index is 3.01. The van der Waals surface area contributed by atoms with Crippen LogP contribution >= 0.6 is 0 Å². The van der Waals surface area contributed by atoms with E-state index in [0.29, 0.717) is 43.8 Å². The van der Waals surface area contributed by atoms with Crippen molar-refractivity contribution in [1.29, 1.82) is 0 Å². The number of hydrogen-bond donors (Lipinski definition) is 8. The van der Waals surface area contributed by atoms with Gasteiger partial charge in [-0.3, -0.25) is 28.8 Å². The second-order valence-electron chi connectivity index (χ2n) is 16.3. The van der Waals surface area contributed by atoms with Crippen LogP contribution in [0.15, 0.2) is 24.3 Å². The fraction of sp³-hybridized carbons (Fsp3) is 0.675.